The van der Waals surface area contributed by atoms with Gasteiger partial charge >= 0.3 is 12.1 Å². The summed E-state index contributed by atoms with van der Waals surface area (Å²) < 4.78 is 43.0. The summed E-state index contributed by atoms with van der Waals surface area (Å²) in [6.07, 6.45) is -0.851. The van der Waals surface area contributed by atoms with E-state index in [1.165, 1.54) is 36.6 Å². The topological polar surface area (TPSA) is 38.7 Å². The van der Waals surface area contributed by atoms with Crippen molar-refractivity contribution in [3.8, 4) is 0 Å². The zero-order valence-electron chi connectivity index (χ0n) is 11.7. The average Bonchev–Trinajstić information content (AvgIpc) is 2.36. The highest BCUT2D eigenvalue weighted by Crippen LogP contribution is 2.31. The Morgan fingerprint density at radius 2 is 2.00 bits per heavy atom. The van der Waals surface area contributed by atoms with Gasteiger partial charge in [-0.1, -0.05) is 18.2 Å². The first-order valence-corrected chi connectivity index (χ1v) is 6.33. The minimum Gasteiger partial charge on any atom is -0.460 e. The Kier molecular flexibility index (Phi) is 6.14. The average molecular weight is 299 g/mol. The van der Waals surface area contributed by atoms with E-state index in [1.54, 1.807) is 13.8 Å². The Morgan fingerprint density at radius 3 is 2.62 bits per heavy atom. The second kappa shape index (κ2) is 7.61. The maximum atomic E-state index is 12.7. The lowest BCUT2D eigenvalue weighted by Crippen LogP contribution is -2.08. The Bertz CT molecular complexity index is 534. The maximum Gasteiger partial charge on any atom is 0.416 e. The molecular formula is C15H16F3NO2. The molecule has 0 aliphatic heterocycles. The zero-order valence-corrected chi connectivity index (χ0v) is 11.7. The summed E-state index contributed by atoms with van der Waals surface area (Å²) in [5, 5.41) is 0. The van der Waals surface area contributed by atoms with Gasteiger partial charge in [-0.2, -0.15) is 13.2 Å². The fourth-order valence-corrected chi connectivity index (χ4v) is 1.54. The number of allylic oxidation sites excluding steroid dienone is 1. The minimum absolute atomic E-state index is 0.0828. The predicted octanol–water partition coefficient (Wildman–Crippen LogP) is 3.78. The van der Waals surface area contributed by atoms with Crippen molar-refractivity contribution in [2.45, 2.75) is 32.7 Å². The molecule has 114 valence electrons. The van der Waals surface area contributed by atoms with Crippen LogP contribution in [0.4, 0.5) is 13.2 Å². The van der Waals surface area contributed by atoms with E-state index in [1.807, 2.05) is 0 Å². The molecule has 0 aliphatic rings. The van der Waals surface area contributed by atoms with E-state index in [2.05, 4.69) is 4.99 Å². The lowest BCUT2D eigenvalue weighted by molar-refractivity contribution is -0.141. The quantitative estimate of drug-likeness (QED) is 0.471. The SMILES string of the molecule is CC(C)OC(=O)/C=C/C=NCc1ccccc1C(F)(F)F. The zero-order chi connectivity index (χ0) is 15.9. The van der Waals surface area contributed by atoms with Crippen LogP contribution in [0.3, 0.4) is 0 Å². The number of nitrogens with zero attached hydrogens (tertiary/aromatic N) is 1. The van der Waals surface area contributed by atoms with Gasteiger partial charge in [-0.05, 0) is 31.6 Å². The minimum atomic E-state index is -4.40. The number of esters is 1. The van der Waals surface area contributed by atoms with Crippen molar-refractivity contribution in [2.75, 3.05) is 0 Å². The Balaban J connectivity index is 2.62. The standard InChI is InChI=1S/C15H16F3NO2/c1-11(2)21-14(20)8-5-9-19-10-12-6-3-4-7-13(12)15(16,17)18/h3-9,11H,10H2,1-2H3/b8-5+,19-9?. The molecule has 0 saturated heterocycles. The molecule has 3 nitrogen and oxygen atoms in total. The molecule has 0 radical (unpaired) electrons. The summed E-state index contributed by atoms with van der Waals surface area (Å²) in [4.78, 5) is 15.0. The second-order valence-electron chi connectivity index (χ2n) is 4.49. The van der Waals surface area contributed by atoms with Crippen LogP contribution in [0.2, 0.25) is 0 Å². The molecule has 0 aliphatic carbocycles. The Morgan fingerprint density at radius 1 is 1.33 bits per heavy atom. The molecule has 1 aromatic rings. The van der Waals surface area contributed by atoms with Gasteiger partial charge in [-0.25, -0.2) is 4.79 Å². The molecule has 0 unspecified atom stereocenters. The number of rotatable bonds is 5. The third-order valence-corrected chi connectivity index (χ3v) is 2.36. The Labute approximate surface area is 121 Å². The van der Waals surface area contributed by atoms with Gasteiger partial charge in [0.1, 0.15) is 0 Å². The van der Waals surface area contributed by atoms with Crippen molar-refractivity contribution < 1.29 is 22.7 Å². The van der Waals surface area contributed by atoms with Crippen LogP contribution in [-0.2, 0) is 22.3 Å². The van der Waals surface area contributed by atoms with Gasteiger partial charge in [0.15, 0.2) is 0 Å². The van der Waals surface area contributed by atoms with Crippen molar-refractivity contribution in [3.63, 3.8) is 0 Å². The van der Waals surface area contributed by atoms with Crippen molar-refractivity contribution in [3.05, 3.63) is 47.5 Å². The fourth-order valence-electron chi connectivity index (χ4n) is 1.54. The number of benzene rings is 1. The number of halogens is 3. The van der Waals surface area contributed by atoms with Crippen LogP contribution in [-0.4, -0.2) is 18.3 Å². The number of hydrogen-bond acceptors (Lipinski definition) is 3. The van der Waals surface area contributed by atoms with E-state index in [4.69, 9.17) is 4.74 Å². The highest BCUT2D eigenvalue weighted by atomic mass is 19.4. The normalized spacial score (nSPS) is 12.5. The highest BCUT2D eigenvalue weighted by molar-refractivity contribution is 5.87. The molecule has 0 fully saturated rings. The largest absolute Gasteiger partial charge is 0.460 e. The first kappa shape index (κ1) is 16.9. The number of hydrogen-bond donors (Lipinski definition) is 0. The molecule has 0 saturated carbocycles. The molecule has 1 aromatic carbocycles. The van der Waals surface area contributed by atoms with E-state index in [0.717, 1.165) is 6.07 Å². The summed E-state index contributed by atoms with van der Waals surface area (Å²) in [5.74, 6) is -0.521. The summed E-state index contributed by atoms with van der Waals surface area (Å²) in [6.45, 7) is 3.32. The van der Waals surface area contributed by atoms with Gasteiger partial charge in [0.05, 0.1) is 18.2 Å². The number of ether oxygens (including phenoxy) is 1. The van der Waals surface area contributed by atoms with E-state index in [0.29, 0.717) is 0 Å². The molecule has 0 amide bonds. The van der Waals surface area contributed by atoms with E-state index in [-0.39, 0.29) is 18.2 Å². The lowest BCUT2D eigenvalue weighted by Gasteiger charge is -2.10. The van der Waals surface area contributed by atoms with E-state index < -0.39 is 17.7 Å². The number of carbonyl (C=O) groups excluding carboxylic acids is 1. The molecular weight excluding hydrogens is 283 g/mol. The van der Waals surface area contributed by atoms with Gasteiger partial charge < -0.3 is 4.74 Å². The van der Waals surface area contributed by atoms with Crippen molar-refractivity contribution in [1.82, 2.24) is 0 Å². The van der Waals surface area contributed by atoms with Crippen LogP contribution in [0.15, 0.2) is 41.4 Å². The van der Waals surface area contributed by atoms with E-state index >= 15 is 0 Å². The summed E-state index contributed by atoms with van der Waals surface area (Å²) >= 11 is 0. The summed E-state index contributed by atoms with van der Waals surface area (Å²) in [7, 11) is 0. The third-order valence-electron chi connectivity index (χ3n) is 2.36. The third kappa shape index (κ3) is 6.25. The van der Waals surface area contributed by atoms with Gasteiger partial charge in [-0.3, -0.25) is 4.99 Å². The molecule has 0 bridgehead atoms. The van der Waals surface area contributed by atoms with Crippen molar-refractivity contribution >= 4 is 12.2 Å². The van der Waals surface area contributed by atoms with Gasteiger partial charge in [-0.15, -0.1) is 0 Å². The smallest absolute Gasteiger partial charge is 0.416 e. The lowest BCUT2D eigenvalue weighted by atomic mass is 10.1. The van der Waals surface area contributed by atoms with Crippen LogP contribution >= 0.6 is 0 Å². The van der Waals surface area contributed by atoms with Crippen molar-refractivity contribution in [2.24, 2.45) is 4.99 Å². The monoisotopic (exact) mass is 299 g/mol. The van der Waals surface area contributed by atoms with Crippen molar-refractivity contribution in [1.29, 1.82) is 0 Å². The molecule has 6 heteroatoms. The highest BCUT2D eigenvalue weighted by Gasteiger charge is 2.32. The fraction of sp³-hybridized carbons (Fsp3) is 0.333. The molecule has 0 spiro atoms. The summed E-state index contributed by atoms with van der Waals surface area (Å²) in [6, 6.07) is 5.24. The molecule has 21 heavy (non-hydrogen) atoms. The van der Waals surface area contributed by atoms with Gasteiger partial charge in [0, 0.05) is 12.3 Å². The van der Waals surface area contributed by atoms with Crippen LogP contribution in [0, 0.1) is 0 Å². The number of alkyl halides is 3. The summed E-state index contributed by atoms with van der Waals surface area (Å²) in [5.41, 5.74) is -0.621. The van der Waals surface area contributed by atoms with E-state index in [9.17, 15) is 18.0 Å². The Hall–Kier alpha value is -2.11. The molecule has 0 heterocycles. The molecule has 0 atom stereocenters. The number of carbonyl (C=O) groups is 1. The second-order valence-corrected chi connectivity index (χ2v) is 4.49. The molecule has 0 N–H and O–H groups in total. The van der Waals surface area contributed by atoms with Crippen LogP contribution in [0.25, 0.3) is 0 Å². The number of aliphatic imine (C=N–C) groups is 1. The van der Waals surface area contributed by atoms with Crippen LogP contribution in [0.1, 0.15) is 25.0 Å². The molecule has 0 aromatic heterocycles. The van der Waals surface area contributed by atoms with Crippen LogP contribution in [0.5, 0.6) is 0 Å². The van der Waals surface area contributed by atoms with Gasteiger partial charge in [0.2, 0.25) is 0 Å². The first-order chi connectivity index (χ1) is 9.80. The molecule has 1 rings (SSSR count). The predicted molar refractivity (Wildman–Crippen MR) is 74.0 cm³/mol. The van der Waals surface area contributed by atoms with Gasteiger partial charge in [0.25, 0.3) is 0 Å². The maximum absolute atomic E-state index is 12.7. The van der Waals surface area contributed by atoms with Crippen LogP contribution < -0.4 is 0 Å². The first-order valence-electron chi connectivity index (χ1n) is 6.33.